The molecule has 0 unspecified atom stereocenters. The summed E-state index contributed by atoms with van der Waals surface area (Å²) in [6.45, 7) is 7.95. The van der Waals surface area contributed by atoms with E-state index in [9.17, 15) is 8.78 Å². The van der Waals surface area contributed by atoms with Crippen LogP contribution in [0.15, 0.2) is 12.1 Å². The highest BCUT2D eigenvalue weighted by atomic mass is 19.1. The lowest BCUT2D eigenvalue weighted by atomic mass is 10.1. The molecular weight excluding hydrogens is 258 g/mol. The van der Waals surface area contributed by atoms with Crippen molar-refractivity contribution in [1.82, 2.24) is 5.32 Å². The lowest BCUT2D eigenvalue weighted by Crippen LogP contribution is -2.34. The van der Waals surface area contributed by atoms with Crippen LogP contribution in [0.1, 0.15) is 39.2 Å². The Kier molecular flexibility index (Phi) is 4.97. The predicted molar refractivity (Wildman–Crippen MR) is 78.9 cm³/mol. The van der Waals surface area contributed by atoms with Gasteiger partial charge >= 0.3 is 0 Å². The van der Waals surface area contributed by atoms with Crippen LogP contribution < -0.4 is 10.2 Å². The van der Waals surface area contributed by atoms with E-state index in [-0.39, 0.29) is 11.7 Å². The Morgan fingerprint density at radius 2 is 1.85 bits per heavy atom. The Morgan fingerprint density at radius 3 is 2.30 bits per heavy atom. The van der Waals surface area contributed by atoms with Gasteiger partial charge in [-0.15, -0.1) is 0 Å². The lowest BCUT2D eigenvalue weighted by molar-refractivity contribution is 0.543. The van der Waals surface area contributed by atoms with Gasteiger partial charge in [0.1, 0.15) is 17.3 Å². The molecule has 1 aromatic carbocycles. The van der Waals surface area contributed by atoms with Crippen molar-refractivity contribution in [3.8, 4) is 0 Å². The minimum absolute atomic E-state index is 0.0965. The first-order chi connectivity index (χ1) is 9.52. The smallest absolute Gasteiger partial charge is 0.149 e. The molecule has 0 radical (unpaired) electrons. The van der Waals surface area contributed by atoms with Crippen LogP contribution in [0, 0.1) is 17.6 Å². The van der Waals surface area contributed by atoms with Crippen molar-refractivity contribution in [2.75, 3.05) is 18.0 Å². The van der Waals surface area contributed by atoms with Gasteiger partial charge in [0.2, 0.25) is 0 Å². The van der Waals surface area contributed by atoms with Crippen LogP contribution in [0.4, 0.5) is 14.5 Å². The maximum absolute atomic E-state index is 14.3. The van der Waals surface area contributed by atoms with Crippen LogP contribution >= 0.6 is 0 Å². The maximum Gasteiger partial charge on any atom is 0.149 e. The quantitative estimate of drug-likeness (QED) is 0.820. The molecule has 0 aliphatic heterocycles. The number of hydrogen-bond acceptors (Lipinski definition) is 2. The zero-order valence-electron chi connectivity index (χ0n) is 12.5. The van der Waals surface area contributed by atoms with Crippen LogP contribution in [0.25, 0.3) is 0 Å². The van der Waals surface area contributed by atoms with Crippen molar-refractivity contribution in [3.05, 3.63) is 29.3 Å². The molecule has 0 heterocycles. The minimum Gasteiger partial charge on any atom is -0.364 e. The third kappa shape index (κ3) is 3.69. The topological polar surface area (TPSA) is 15.3 Å². The summed E-state index contributed by atoms with van der Waals surface area (Å²) in [5.41, 5.74) is 0.785. The number of anilines is 1. The predicted octanol–water partition coefficient (Wildman–Crippen LogP) is 3.70. The molecule has 1 saturated carbocycles. The van der Waals surface area contributed by atoms with Gasteiger partial charge in [-0.05, 0) is 56.8 Å². The van der Waals surface area contributed by atoms with Crippen molar-refractivity contribution in [2.24, 2.45) is 5.92 Å². The highest BCUT2D eigenvalue weighted by Gasteiger charge is 2.28. The van der Waals surface area contributed by atoms with Crippen LogP contribution in [0.5, 0.6) is 0 Å². The number of benzene rings is 1. The Morgan fingerprint density at radius 1 is 1.25 bits per heavy atom. The molecule has 2 nitrogen and oxygen atoms in total. The van der Waals surface area contributed by atoms with E-state index in [4.69, 9.17) is 0 Å². The molecule has 1 aromatic rings. The van der Waals surface area contributed by atoms with Gasteiger partial charge in [0.15, 0.2) is 0 Å². The first-order valence-corrected chi connectivity index (χ1v) is 7.48. The van der Waals surface area contributed by atoms with Gasteiger partial charge in [0.25, 0.3) is 0 Å². The number of rotatable bonds is 7. The van der Waals surface area contributed by atoms with Gasteiger partial charge in [0, 0.05) is 19.1 Å². The molecule has 1 aliphatic rings. The zero-order chi connectivity index (χ0) is 14.7. The summed E-state index contributed by atoms with van der Waals surface area (Å²) in [5, 5.41) is 3.09. The van der Waals surface area contributed by atoms with Crippen LogP contribution in [0.3, 0.4) is 0 Å². The van der Waals surface area contributed by atoms with Crippen LogP contribution in [-0.4, -0.2) is 19.1 Å². The first kappa shape index (κ1) is 15.2. The second kappa shape index (κ2) is 6.53. The van der Waals surface area contributed by atoms with Crippen LogP contribution in [0.2, 0.25) is 0 Å². The summed E-state index contributed by atoms with van der Waals surface area (Å²) in [5.74, 6) is -0.308. The average Bonchev–Trinajstić information content (AvgIpc) is 3.18. The summed E-state index contributed by atoms with van der Waals surface area (Å²) in [4.78, 5) is 1.86. The summed E-state index contributed by atoms with van der Waals surface area (Å²) >= 11 is 0. The Hall–Kier alpha value is -1.16. The van der Waals surface area contributed by atoms with E-state index in [0.717, 1.165) is 13.1 Å². The summed E-state index contributed by atoms with van der Waals surface area (Å²) in [6, 6.07) is 2.99. The molecule has 0 bridgehead atoms. The fourth-order valence-electron chi connectivity index (χ4n) is 2.40. The molecule has 2 rings (SSSR count). The molecule has 20 heavy (non-hydrogen) atoms. The molecule has 1 fully saturated rings. The van der Waals surface area contributed by atoms with Crippen molar-refractivity contribution in [2.45, 2.75) is 46.2 Å². The molecule has 1 aliphatic carbocycles. The molecule has 1 N–H and O–H groups in total. The molecule has 0 spiro atoms. The summed E-state index contributed by atoms with van der Waals surface area (Å²) < 4.78 is 28.6. The highest BCUT2D eigenvalue weighted by Crippen LogP contribution is 2.34. The van der Waals surface area contributed by atoms with Crippen molar-refractivity contribution in [1.29, 1.82) is 0 Å². The fraction of sp³-hybridized carbons (Fsp3) is 0.625. The molecule has 0 saturated heterocycles. The second-order valence-corrected chi connectivity index (χ2v) is 5.88. The number of nitrogens with one attached hydrogen (secondary N) is 1. The fourth-order valence-corrected chi connectivity index (χ4v) is 2.40. The number of halogens is 2. The van der Waals surface area contributed by atoms with E-state index in [0.29, 0.717) is 18.0 Å². The second-order valence-electron chi connectivity index (χ2n) is 5.88. The molecule has 0 aromatic heterocycles. The van der Waals surface area contributed by atoms with E-state index < -0.39 is 11.6 Å². The monoisotopic (exact) mass is 282 g/mol. The zero-order valence-corrected chi connectivity index (χ0v) is 12.5. The normalized spacial score (nSPS) is 14.9. The highest BCUT2D eigenvalue weighted by molar-refractivity contribution is 5.51. The molecule has 4 heteroatoms. The van der Waals surface area contributed by atoms with Gasteiger partial charge in [0.05, 0.1) is 0 Å². The largest absolute Gasteiger partial charge is 0.364 e. The first-order valence-electron chi connectivity index (χ1n) is 7.48. The molecular formula is C16H24F2N2. The van der Waals surface area contributed by atoms with E-state index in [1.165, 1.54) is 25.0 Å². The van der Waals surface area contributed by atoms with Crippen molar-refractivity contribution < 1.29 is 8.78 Å². The number of hydrogen-bond donors (Lipinski definition) is 1. The van der Waals surface area contributed by atoms with E-state index in [1.807, 2.05) is 25.7 Å². The van der Waals surface area contributed by atoms with E-state index in [1.54, 1.807) is 0 Å². The Balaban J connectivity index is 2.24. The molecule has 112 valence electrons. The standard InChI is InChI=1S/C16H24F2N2/c1-4-19-9-13-7-14(17)16(15(18)8-13)20(11(2)3)10-12-5-6-12/h7-8,11-12,19H,4-6,9-10H2,1-3H3. The Bertz CT molecular complexity index is 433. The van der Waals surface area contributed by atoms with Gasteiger partial charge in [-0.1, -0.05) is 6.92 Å². The van der Waals surface area contributed by atoms with E-state index in [2.05, 4.69) is 5.32 Å². The van der Waals surface area contributed by atoms with Gasteiger partial charge in [-0.25, -0.2) is 8.78 Å². The summed E-state index contributed by atoms with van der Waals surface area (Å²) in [6.07, 6.45) is 2.34. The Labute approximate surface area is 120 Å². The van der Waals surface area contributed by atoms with Gasteiger partial charge in [-0.2, -0.15) is 0 Å². The van der Waals surface area contributed by atoms with Crippen molar-refractivity contribution >= 4 is 5.69 Å². The third-order valence-corrected chi connectivity index (χ3v) is 3.72. The van der Waals surface area contributed by atoms with Crippen LogP contribution in [-0.2, 0) is 6.54 Å². The third-order valence-electron chi connectivity index (χ3n) is 3.72. The van der Waals surface area contributed by atoms with E-state index >= 15 is 0 Å². The van der Waals surface area contributed by atoms with Gasteiger partial charge < -0.3 is 10.2 Å². The number of nitrogens with zero attached hydrogens (tertiary/aromatic N) is 1. The van der Waals surface area contributed by atoms with Crippen molar-refractivity contribution in [3.63, 3.8) is 0 Å². The molecule has 0 amide bonds. The lowest BCUT2D eigenvalue weighted by Gasteiger charge is -2.30. The summed E-state index contributed by atoms with van der Waals surface area (Å²) in [7, 11) is 0. The molecule has 0 atom stereocenters. The maximum atomic E-state index is 14.3. The van der Waals surface area contributed by atoms with Gasteiger partial charge in [-0.3, -0.25) is 0 Å². The SMILES string of the molecule is CCNCc1cc(F)c(N(CC2CC2)C(C)C)c(F)c1. The minimum atomic E-state index is -0.452. The average molecular weight is 282 g/mol.